The smallest absolute Gasteiger partial charge is 0.225 e. The Balaban J connectivity index is 1.56. The highest BCUT2D eigenvalue weighted by atomic mass is 35.5. The van der Waals surface area contributed by atoms with Gasteiger partial charge in [-0.2, -0.15) is 4.68 Å². The highest BCUT2D eigenvalue weighted by molar-refractivity contribution is 7.99. The molecule has 6 nitrogen and oxygen atoms in total. The molecule has 0 radical (unpaired) electrons. The third-order valence-electron chi connectivity index (χ3n) is 3.49. The number of aryl methyl sites for hydroxylation is 1. The summed E-state index contributed by atoms with van der Waals surface area (Å²) in [6.07, 6.45) is 0.368. The molecule has 3 aromatic rings. The number of rotatable bonds is 6. The molecular weight excluding hydrogens is 358 g/mol. The molecule has 0 saturated heterocycles. The van der Waals surface area contributed by atoms with E-state index in [1.54, 1.807) is 16.8 Å². The first-order valence-electron chi connectivity index (χ1n) is 7.66. The second kappa shape index (κ2) is 8.13. The maximum Gasteiger partial charge on any atom is 0.225 e. The molecule has 1 amide bonds. The molecule has 1 N–H and O–H groups in total. The molecule has 0 unspecified atom stereocenters. The van der Waals surface area contributed by atoms with Crippen LogP contribution in [-0.2, 0) is 4.79 Å². The third kappa shape index (κ3) is 4.58. The van der Waals surface area contributed by atoms with Gasteiger partial charge in [-0.15, -0.1) is 5.10 Å². The van der Waals surface area contributed by atoms with Crippen molar-refractivity contribution in [3.8, 4) is 5.69 Å². The summed E-state index contributed by atoms with van der Waals surface area (Å²) in [5, 5.41) is 15.9. The molecule has 8 heteroatoms. The Morgan fingerprint density at radius 3 is 2.72 bits per heavy atom. The van der Waals surface area contributed by atoms with Crippen LogP contribution in [0.5, 0.6) is 0 Å². The highest BCUT2D eigenvalue weighted by Gasteiger charge is 2.10. The lowest BCUT2D eigenvalue weighted by molar-refractivity contribution is -0.115. The lowest BCUT2D eigenvalue weighted by atomic mass is 10.2. The van der Waals surface area contributed by atoms with Crippen LogP contribution in [0.2, 0.25) is 5.02 Å². The van der Waals surface area contributed by atoms with Gasteiger partial charge in [-0.3, -0.25) is 4.79 Å². The number of hydrogen-bond acceptors (Lipinski definition) is 5. The Hall–Kier alpha value is -2.38. The first kappa shape index (κ1) is 17.4. The summed E-state index contributed by atoms with van der Waals surface area (Å²) >= 11 is 7.33. The number of hydrogen-bond donors (Lipinski definition) is 1. The van der Waals surface area contributed by atoms with Gasteiger partial charge in [0.25, 0.3) is 0 Å². The third-order valence-corrected chi connectivity index (χ3v) is 4.66. The standard InChI is InChI=1S/C17H16ClN5OS/c1-12-4-2-3-5-15(12)19-16(24)10-11-25-17-20-21-22-23(17)14-8-6-13(18)7-9-14/h2-9H,10-11H2,1H3,(H,19,24). The summed E-state index contributed by atoms with van der Waals surface area (Å²) < 4.78 is 1.63. The second-order valence-electron chi connectivity index (χ2n) is 5.31. The molecule has 0 bridgehead atoms. The fraction of sp³-hybridized carbons (Fsp3) is 0.176. The Bertz CT molecular complexity index is 865. The molecule has 25 heavy (non-hydrogen) atoms. The van der Waals surface area contributed by atoms with Gasteiger partial charge in [-0.1, -0.05) is 41.6 Å². The Kier molecular flexibility index (Phi) is 5.67. The predicted octanol–water partition coefficient (Wildman–Crippen LogP) is 3.75. The number of halogens is 1. The van der Waals surface area contributed by atoms with E-state index in [0.717, 1.165) is 16.9 Å². The van der Waals surface area contributed by atoms with Gasteiger partial charge in [0.1, 0.15) is 0 Å². The molecule has 0 saturated carbocycles. The van der Waals surface area contributed by atoms with Crippen LogP contribution in [0.3, 0.4) is 0 Å². The van der Waals surface area contributed by atoms with E-state index < -0.39 is 0 Å². The topological polar surface area (TPSA) is 72.7 Å². The van der Waals surface area contributed by atoms with E-state index in [9.17, 15) is 4.79 Å². The Morgan fingerprint density at radius 1 is 1.20 bits per heavy atom. The lowest BCUT2D eigenvalue weighted by Crippen LogP contribution is -2.13. The van der Waals surface area contributed by atoms with Gasteiger partial charge in [-0.05, 0) is 53.2 Å². The van der Waals surface area contributed by atoms with Crippen molar-refractivity contribution in [2.45, 2.75) is 18.5 Å². The average molecular weight is 374 g/mol. The normalized spacial score (nSPS) is 10.6. The average Bonchev–Trinajstić information content (AvgIpc) is 3.06. The molecule has 128 valence electrons. The van der Waals surface area contributed by atoms with Crippen molar-refractivity contribution < 1.29 is 4.79 Å². The summed E-state index contributed by atoms with van der Waals surface area (Å²) in [7, 11) is 0. The van der Waals surface area contributed by atoms with Gasteiger partial charge in [0.2, 0.25) is 11.1 Å². The Morgan fingerprint density at radius 2 is 1.96 bits per heavy atom. The lowest BCUT2D eigenvalue weighted by Gasteiger charge is -2.08. The summed E-state index contributed by atoms with van der Waals surface area (Å²) in [5.41, 5.74) is 2.69. The van der Waals surface area contributed by atoms with Crippen molar-refractivity contribution in [3.63, 3.8) is 0 Å². The molecule has 1 heterocycles. The molecule has 3 rings (SSSR count). The highest BCUT2D eigenvalue weighted by Crippen LogP contribution is 2.21. The minimum atomic E-state index is -0.0349. The van der Waals surface area contributed by atoms with E-state index in [-0.39, 0.29) is 5.91 Å². The molecule has 1 aromatic heterocycles. The van der Waals surface area contributed by atoms with E-state index in [2.05, 4.69) is 20.8 Å². The van der Waals surface area contributed by atoms with Crippen molar-refractivity contribution in [1.82, 2.24) is 20.2 Å². The fourth-order valence-corrected chi connectivity index (χ4v) is 3.13. The molecule has 0 spiro atoms. The van der Waals surface area contributed by atoms with Crippen LogP contribution in [0.15, 0.2) is 53.7 Å². The predicted molar refractivity (Wildman–Crippen MR) is 99.3 cm³/mol. The summed E-state index contributed by atoms with van der Waals surface area (Å²) in [6.45, 7) is 1.96. The van der Waals surface area contributed by atoms with Crippen LogP contribution < -0.4 is 5.32 Å². The number of nitrogens with zero attached hydrogens (tertiary/aromatic N) is 4. The zero-order valence-electron chi connectivity index (χ0n) is 13.5. The van der Waals surface area contributed by atoms with E-state index in [1.807, 2.05) is 43.3 Å². The summed E-state index contributed by atoms with van der Waals surface area (Å²) in [4.78, 5) is 12.1. The SMILES string of the molecule is Cc1ccccc1NC(=O)CCSc1nnnn1-c1ccc(Cl)cc1. The van der Waals surface area contributed by atoms with Gasteiger partial charge in [0, 0.05) is 22.9 Å². The van der Waals surface area contributed by atoms with Crippen LogP contribution in [0.1, 0.15) is 12.0 Å². The molecule has 2 aromatic carbocycles. The van der Waals surface area contributed by atoms with Crippen molar-refractivity contribution in [3.05, 3.63) is 59.1 Å². The van der Waals surface area contributed by atoms with Gasteiger partial charge in [0.05, 0.1) is 5.69 Å². The summed E-state index contributed by atoms with van der Waals surface area (Å²) in [6, 6.07) is 14.9. The Labute approximate surface area is 154 Å². The number of anilines is 1. The number of carbonyl (C=O) groups excluding carboxylic acids is 1. The van der Waals surface area contributed by atoms with Crippen LogP contribution in [0.4, 0.5) is 5.69 Å². The number of tetrazole rings is 1. The van der Waals surface area contributed by atoms with Crippen molar-refractivity contribution >= 4 is 35.0 Å². The molecule has 0 atom stereocenters. The largest absolute Gasteiger partial charge is 0.326 e. The summed E-state index contributed by atoms with van der Waals surface area (Å²) in [5.74, 6) is 0.540. The van der Waals surface area contributed by atoms with Crippen LogP contribution in [0, 0.1) is 6.92 Å². The van der Waals surface area contributed by atoms with E-state index in [4.69, 9.17) is 11.6 Å². The number of aromatic nitrogens is 4. The molecule has 0 aliphatic rings. The van der Waals surface area contributed by atoms with Crippen LogP contribution in [-0.4, -0.2) is 31.9 Å². The van der Waals surface area contributed by atoms with Gasteiger partial charge >= 0.3 is 0 Å². The monoisotopic (exact) mass is 373 g/mol. The first-order chi connectivity index (χ1) is 12.1. The zero-order chi connectivity index (χ0) is 17.6. The number of nitrogens with one attached hydrogen (secondary N) is 1. The van der Waals surface area contributed by atoms with Crippen molar-refractivity contribution in [2.24, 2.45) is 0 Å². The maximum atomic E-state index is 12.1. The van der Waals surface area contributed by atoms with Gasteiger partial charge in [-0.25, -0.2) is 0 Å². The minimum Gasteiger partial charge on any atom is -0.326 e. The molecular formula is C17H16ClN5OS. The molecule has 0 aliphatic carbocycles. The molecule has 0 fully saturated rings. The van der Waals surface area contributed by atoms with Crippen LogP contribution in [0.25, 0.3) is 5.69 Å². The van der Waals surface area contributed by atoms with Crippen LogP contribution >= 0.6 is 23.4 Å². The number of carbonyl (C=O) groups is 1. The number of thioether (sulfide) groups is 1. The van der Waals surface area contributed by atoms with E-state index >= 15 is 0 Å². The maximum absolute atomic E-state index is 12.1. The number of amides is 1. The zero-order valence-corrected chi connectivity index (χ0v) is 15.1. The first-order valence-corrected chi connectivity index (χ1v) is 9.02. The van der Waals surface area contributed by atoms with E-state index in [0.29, 0.717) is 22.4 Å². The minimum absolute atomic E-state index is 0.0349. The fourth-order valence-electron chi connectivity index (χ4n) is 2.17. The van der Waals surface area contributed by atoms with Crippen molar-refractivity contribution in [2.75, 3.05) is 11.1 Å². The molecule has 0 aliphatic heterocycles. The van der Waals surface area contributed by atoms with Crippen molar-refractivity contribution in [1.29, 1.82) is 0 Å². The van der Waals surface area contributed by atoms with Gasteiger partial charge < -0.3 is 5.32 Å². The number of para-hydroxylation sites is 1. The second-order valence-corrected chi connectivity index (χ2v) is 6.81. The number of benzene rings is 2. The van der Waals surface area contributed by atoms with Gasteiger partial charge in [0.15, 0.2) is 0 Å². The van der Waals surface area contributed by atoms with E-state index in [1.165, 1.54) is 11.8 Å². The quantitative estimate of drug-likeness (QED) is 0.666.